The Morgan fingerprint density at radius 3 is 2.80 bits per heavy atom. The zero-order valence-corrected chi connectivity index (χ0v) is 12.4. The quantitative estimate of drug-likeness (QED) is 0.660. The van der Waals surface area contributed by atoms with E-state index in [4.69, 9.17) is 26.8 Å². The Morgan fingerprint density at radius 2 is 2.15 bits per heavy atom. The number of anilines is 2. The molecular weight excluding hydrogens is 280 g/mol. The first-order valence-electron chi connectivity index (χ1n) is 6.53. The molecule has 1 aliphatic carbocycles. The minimum Gasteiger partial charge on any atom is -0.465 e. The third-order valence-corrected chi connectivity index (χ3v) is 3.90. The van der Waals surface area contributed by atoms with Gasteiger partial charge in [-0.2, -0.15) is 0 Å². The maximum absolute atomic E-state index is 11.9. The lowest BCUT2D eigenvalue weighted by molar-refractivity contribution is 0.0601. The zero-order valence-electron chi connectivity index (χ0n) is 11.6. The predicted octanol–water partition coefficient (Wildman–Crippen LogP) is 2.69. The molecule has 0 saturated heterocycles. The summed E-state index contributed by atoms with van der Waals surface area (Å²) in [5.41, 5.74) is 7.07. The van der Waals surface area contributed by atoms with Gasteiger partial charge < -0.3 is 20.5 Å². The summed E-state index contributed by atoms with van der Waals surface area (Å²) < 4.78 is 10.2. The van der Waals surface area contributed by atoms with E-state index >= 15 is 0 Å². The number of nitrogens with one attached hydrogen (secondary N) is 1. The largest absolute Gasteiger partial charge is 0.465 e. The number of methoxy groups -OCH3 is 2. The van der Waals surface area contributed by atoms with Crippen LogP contribution in [0, 0.1) is 0 Å². The molecule has 3 N–H and O–H groups in total. The van der Waals surface area contributed by atoms with Crippen LogP contribution in [0.5, 0.6) is 0 Å². The van der Waals surface area contributed by atoms with Gasteiger partial charge in [0.2, 0.25) is 0 Å². The van der Waals surface area contributed by atoms with Gasteiger partial charge >= 0.3 is 5.97 Å². The van der Waals surface area contributed by atoms with Gasteiger partial charge in [0.1, 0.15) is 0 Å². The zero-order chi connectivity index (χ0) is 14.7. The fourth-order valence-corrected chi connectivity index (χ4v) is 2.89. The Hall–Kier alpha value is -1.46. The highest BCUT2D eigenvalue weighted by atomic mass is 35.5. The number of hydrogen-bond donors (Lipinski definition) is 2. The smallest absolute Gasteiger partial charge is 0.340 e. The number of nitrogens with two attached hydrogens (primary N) is 1. The molecule has 110 valence electrons. The lowest BCUT2D eigenvalue weighted by Gasteiger charge is -2.23. The molecule has 0 amide bonds. The van der Waals surface area contributed by atoms with Gasteiger partial charge in [0.25, 0.3) is 0 Å². The number of carbonyl (C=O) groups excluding carboxylic acids is 1. The van der Waals surface area contributed by atoms with Gasteiger partial charge in [-0.1, -0.05) is 11.6 Å². The van der Waals surface area contributed by atoms with Crippen LogP contribution in [0.2, 0.25) is 5.02 Å². The summed E-state index contributed by atoms with van der Waals surface area (Å²) in [6, 6.07) is 3.31. The first-order valence-corrected chi connectivity index (χ1v) is 6.91. The van der Waals surface area contributed by atoms with Crippen molar-refractivity contribution < 1.29 is 14.3 Å². The Balaban J connectivity index is 2.32. The first kappa shape index (κ1) is 14.9. The van der Waals surface area contributed by atoms with Crippen LogP contribution < -0.4 is 11.1 Å². The van der Waals surface area contributed by atoms with Gasteiger partial charge in [0, 0.05) is 12.8 Å². The topological polar surface area (TPSA) is 73.6 Å². The van der Waals surface area contributed by atoms with E-state index in [1.165, 1.54) is 7.11 Å². The Bertz CT molecular complexity index is 507. The normalized spacial score (nSPS) is 21.8. The summed E-state index contributed by atoms with van der Waals surface area (Å²) in [4.78, 5) is 11.9. The van der Waals surface area contributed by atoms with Crippen LogP contribution in [-0.4, -0.2) is 32.3 Å². The predicted molar refractivity (Wildman–Crippen MR) is 79.3 cm³/mol. The number of halogens is 1. The van der Waals surface area contributed by atoms with E-state index in [9.17, 15) is 4.79 Å². The highest BCUT2D eigenvalue weighted by Gasteiger charge is 2.29. The lowest BCUT2D eigenvalue weighted by atomic mass is 10.1. The molecule has 1 aromatic carbocycles. The molecular formula is C14H19ClN2O3. The van der Waals surface area contributed by atoms with Crippen LogP contribution in [0.4, 0.5) is 11.4 Å². The van der Waals surface area contributed by atoms with Gasteiger partial charge in [0.05, 0.1) is 35.5 Å². The van der Waals surface area contributed by atoms with Crippen LogP contribution in [0.1, 0.15) is 29.6 Å². The van der Waals surface area contributed by atoms with Crippen LogP contribution in [0.15, 0.2) is 12.1 Å². The molecule has 2 rings (SSSR count). The van der Waals surface area contributed by atoms with Crippen molar-refractivity contribution in [2.45, 2.75) is 31.4 Å². The monoisotopic (exact) mass is 298 g/mol. The summed E-state index contributed by atoms with van der Waals surface area (Å²) in [6.45, 7) is 0. The van der Waals surface area contributed by atoms with Crippen LogP contribution >= 0.6 is 11.6 Å². The minimum atomic E-state index is -0.464. The van der Waals surface area contributed by atoms with Gasteiger partial charge in [0.15, 0.2) is 0 Å². The Kier molecular flexibility index (Phi) is 4.73. The van der Waals surface area contributed by atoms with Crippen molar-refractivity contribution >= 4 is 28.9 Å². The molecule has 1 saturated carbocycles. The van der Waals surface area contributed by atoms with Crippen molar-refractivity contribution in [3.05, 3.63) is 22.7 Å². The van der Waals surface area contributed by atoms with E-state index in [2.05, 4.69) is 5.32 Å². The van der Waals surface area contributed by atoms with Crippen molar-refractivity contribution in [3.8, 4) is 0 Å². The molecule has 1 fully saturated rings. The highest BCUT2D eigenvalue weighted by Crippen LogP contribution is 2.33. The third kappa shape index (κ3) is 2.99. The fraction of sp³-hybridized carbons (Fsp3) is 0.500. The number of ether oxygens (including phenoxy) is 2. The molecule has 0 aliphatic heterocycles. The second-order valence-electron chi connectivity index (χ2n) is 4.87. The number of rotatable bonds is 4. The van der Waals surface area contributed by atoms with Crippen LogP contribution in [0.3, 0.4) is 0 Å². The summed E-state index contributed by atoms with van der Waals surface area (Å²) >= 11 is 6.21. The summed E-state index contributed by atoms with van der Waals surface area (Å²) in [5.74, 6) is -0.464. The molecule has 0 aromatic heterocycles. The van der Waals surface area contributed by atoms with Gasteiger partial charge in [-0.3, -0.25) is 0 Å². The average molecular weight is 299 g/mol. The molecule has 2 atom stereocenters. The molecule has 2 unspecified atom stereocenters. The van der Waals surface area contributed by atoms with E-state index < -0.39 is 5.97 Å². The number of hydrogen-bond acceptors (Lipinski definition) is 5. The molecule has 0 heterocycles. The van der Waals surface area contributed by atoms with Gasteiger partial charge in [-0.15, -0.1) is 0 Å². The molecule has 6 heteroatoms. The average Bonchev–Trinajstić information content (AvgIpc) is 2.87. The number of esters is 1. The Morgan fingerprint density at radius 1 is 1.40 bits per heavy atom. The van der Waals surface area contributed by atoms with E-state index in [0.717, 1.165) is 19.3 Å². The molecule has 20 heavy (non-hydrogen) atoms. The molecule has 1 aliphatic rings. The molecule has 0 radical (unpaired) electrons. The van der Waals surface area contributed by atoms with E-state index in [-0.39, 0.29) is 12.1 Å². The molecule has 0 bridgehead atoms. The molecule has 5 nitrogen and oxygen atoms in total. The van der Waals surface area contributed by atoms with Gasteiger partial charge in [-0.25, -0.2) is 4.79 Å². The number of nitrogen functional groups attached to an aromatic ring is 1. The van der Waals surface area contributed by atoms with E-state index in [0.29, 0.717) is 22.0 Å². The van der Waals surface area contributed by atoms with Crippen LogP contribution in [0.25, 0.3) is 0 Å². The third-order valence-electron chi connectivity index (χ3n) is 3.60. The summed E-state index contributed by atoms with van der Waals surface area (Å²) in [6.07, 6.45) is 3.17. The second kappa shape index (κ2) is 6.33. The number of benzene rings is 1. The molecule has 0 spiro atoms. The fourth-order valence-electron chi connectivity index (χ4n) is 2.60. The van der Waals surface area contributed by atoms with E-state index in [1.807, 2.05) is 0 Å². The first-order chi connectivity index (χ1) is 9.56. The van der Waals surface area contributed by atoms with Crippen molar-refractivity contribution in [2.75, 3.05) is 25.3 Å². The number of carbonyl (C=O) groups is 1. The summed E-state index contributed by atoms with van der Waals surface area (Å²) in [5, 5.41) is 3.72. The Labute approximate surface area is 123 Å². The summed E-state index contributed by atoms with van der Waals surface area (Å²) in [7, 11) is 3.02. The maximum Gasteiger partial charge on any atom is 0.340 e. The molecule has 1 aromatic rings. The minimum absolute atomic E-state index is 0.120. The highest BCUT2D eigenvalue weighted by molar-refractivity contribution is 6.34. The second-order valence-corrected chi connectivity index (χ2v) is 5.28. The lowest BCUT2D eigenvalue weighted by Crippen LogP contribution is -2.30. The maximum atomic E-state index is 11.9. The van der Waals surface area contributed by atoms with E-state index in [1.54, 1.807) is 19.2 Å². The van der Waals surface area contributed by atoms with Crippen molar-refractivity contribution in [2.24, 2.45) is 0 Å². The standard InChI is InChI=1S/C14H19ClN2O3/c1-19-12-5-3-4-11(12)17-13-9(14(18)20-2)6-8(16)7-10(13)15/h6-7,11-12,17H,3-5,16H2,1-2H3. The SMILES string of the molecule is COC(=O)c1cc(N)cc(Cl)c1NC1CCCC1OC. The van der Waals surface area contributed by atoms with Crippen molar-refractivity contribution in [1.82, 2.24) is 0 Å². The van der Waals surface area contributed by atoms with Crippen molar-refractivity contribution in [3.63, 3.8) is 0 Å². The van der Waals surface area contributed by atoms with Crippen molar-refractivity contribution in [1.29, 1.82) is 0 Å². The van der Waals surface area contributed by atoms with Crippen LogP contribution in [-0.2, 0) is 9.47 Å². The van der Waals surface area contributed by atoms with Gasteiger partial charge in [-0.05, 0) is 31.4 Å².